The lowest BCUT2D eigenvalue weighted by molar-refractivity contribution is -0.143. The molecule has 0 N–H and O–H groups in total. The Morgan fingerprint density at radius 2 is 1.84 bits per heavy atom. The Labute approximate surface area is 264 Å². The van der Waals surface area contributed by atoms with Crippen LogP contribution >= 0.6 is 11.3 Å². The van der Waals surface area contributed by atoms with Gasteiger partial charge < -0.3 is 18.9 Å². The van der Waals surface area contributed by atoms with Gasteiger partial charge in [0.2, 0.25) is 0 Å². The number of ether oxygens (including phenoxy) is 4. The van der Waals surface area contributed by atoms with E-state index in [1.807, 2.05) is 49.4 Å². The van der Waals surface area contributed by atoms with Crippen LogP contribution in [0.1, 0.15) is 56.0 Å². The van der Waals surface area contributed by atoms with Crippen molar-refractivity contribution in [3.05, 3.63) is 120 Å². The molecule has 45 heavy (non-hydrogen) atoms. The molecule has 4 aromatic rings. The first-order valence-corrected chi connectivity index (χ1v) is 15.3. The van der Waals surface area contributed by atoms with Gasteiger partial charge in [-0.05, 0) is 75.2 Å². The number of thiazole rings is 1. The molecule has 0 bridgehead atoms. The van der Waals surface area contributed by atoms with Gasteiger partial charge in [0, 0.05) is 5.56 Å². The zero-order valence-corrected chi connectivity index (χ0v) is 26.5. The van der Waals surface area contributed by atoms with Gasteiger partial charge >= 0.3 is 5.97 Å². The first-order chi connectivity index (χ1) is 21.7. The molecular weight excluding hydrogens is 590 g/mol. The molecule has 0 saturated heterocycles. The van der Waals surface area contributed by atoms with E-state index in [1.54, 1.807) is 62.8 Å². The molecule has 0 fully saturated rings. The second kappa shape index (κ2) is 13.7. The van der Waals surface area contributed by atoms with Crippen molar-refractivity contribution >= 4 is 23.4 Å². The van der Waals surface area contributed by atoms with Crippen molar-refractivity contribution in [2.75, 3.05) is 13.7 Å². The molecule has 5 rings (SSSR count). The van der Waals surface area contributed by atoms with Crippen molar-refractivity contribution in [2.24, 2.45) is 4.99 Å². The molecule has 10 heteroatoms. The Bertz CT molecular complexity index is 1980. The fourth-order valence-corrected chi connectivity index (χ4v) is 6.09. The highest BCUT2D eigenvalue weighted by molar-refractivity contribution is 7.07. The topological polar surface area (TPSA) is 112 Å². The standard InChI is InChI=1S/C35H33N3O6S/c1-6-42-27-14-12-24(13-15-27)32-31(34(40)44-21(2)3)22(4)37-35-38(32)33(39)30(45-35)18-23-11-16-28(29(17-23)41-5)43-20-26-10-8-7-9-25(26)19-36/h7-18,21,32H,6,20H2,1-5H3/b30-18+/t32-/m0/s1. The lowest BCUT2D eigenvalue weighted by atomic mass is 9.96. The minimum absolute atomic E-state index is 0.199. The Morgan fingerprint density at radius 3 is 2.53 bits per heavy atom. The quantitative estimate of drug-likeness (QED) is 0.228. The minimum atomic E-state index is -0.730. The number of esters is 1. The molecule has 0 unspecified atom stereocenters. The monoisotopic (exact) mass is 623 g/mol. The molecule has 0 radical (unpaired) electrons. The van der Waals surface area contributed by atoms with Crippen molar-refractivity contribution in [3.8, 4) is 23.3 Å². The highest BCUT2D eigenvalue weighted by atomic mass is 32.1. The van der Waals surface area contributed by atoms with Gasteiger partial charge in [0.15, 0.2) is 16.3 Å². The van der Waals surface area contributed by atoms with E-state index in [-0.39, 0.29) is 18.3 Å². The van der Waals surface area contributed by atoms with Crippen LogP contribution in [-0.2, 0) is 16.1 Å². The molecule has 0 aliphatic carbocycles. The van der Waals surface area contributed by atoms with Gasteiger partial charge in [-0.15, -0.1) is 0 Å². The molecule has 2 heterocycles. The van der Waals surface area contributed by atoms with Gasteiger partial charge in [0.1, 0.15) is 12.4 Å². The maximum atomic E-state index is 14.0. The second-order valence-corrected chi connectivity index (χ2v) is 11.5. The molecule has 0 amide bonds. The van der Waals surface area contributed by atoms with E-state index in [1.165, 1.54) is 11.3 Å². The van der Waals surface area contributed by atoms with Gasteiger partial charge in [0.25, 0.3) is 5.56 Å². The summed E-state index contributed by atoms with van der Waals surface area (Å²) in [5.74, 6) is 1.16. The molecule has 0 saturated carbocycles. The number of benzene rings is 3. The summed E-state index contributed by atoms with van der Waals surface area (Å²) in [5, 5.41) is 9.38. The van der Waals surface area contributed by atoms with Crippen LogP contribution in [0.25, 0.3) is 6.08 Å². The number of hydrogen-bond acceptors (Lipinski definition) is 9. The average molecular weight is 624 g/mol. The highest BCUT2D eigenvalue weighted by Gasteiger charge is 2.33. The van der Waals surface area contributed by atoms with Gasteiger partial charge in [0.05, 0.1) is 53.3 Å². The van der Waals surface area contributed by atoms with E-state index in [2.05, 4.69) is 11.1 Å². The Kier molecular flexibility index (Phi) is 9.50. The number of fused-ring (bicyclic) bond motifs is 1. The molecule has 1 aliphatic rings. The SMILES string of the molecule is CCOc1ccc([C@H]2C(C(=O)OC(C)C)=C(C)N=c3s/c(=C/c4ccc(OCc5ccccc5C#N)c(OC)c4)c(=O)n32)cc1. The van der Waals surface area contributed by atoms with Gasteiger partial charge in [-0.1, -0.05) is 47.7 Å². The van der Waals surface area contributed by atoms with Crippen molar-refractivity contribution in [3.63, 3.8) is 0 Å². The molecule has 1 aromatic heterocycles. The first kappa shape index (κ1) is 31.3. The summed E-state index contributed by atoms with van der Waals surface area (Å²) in [5.41, 5.74) is 3.28. The van der Waals surface area contributed by atoms with Crippen molar-refractivity contribution in [1.82, 2.24) is 4.57 Å². The lowest BCUT2D eigenvalue weighted by Crippen LogP contribution is -2.40. The number of carbonyl (C=O) groups is 1. The van der Waals surface area contributed by atoms with Gasteiger partial charge in [-0.3, -0.25) is 9.36 Å². The molecule has 0 spiro atoms. The first-order valence-electron chi connectivity index (χ1n) is 14.5. The zero-order chi connectivity index (χ0) is 32.1. The molecule has 230 valence electrons. The summed E-state index contributed by atoms with van der Waals surface area (Å²) in [7, 11) is 1.54. The summed E-state index contributed by atoms with van der Waals surface area (Å²) in [4.78, 5) is 32.5. The summed E-state index contributed by atoms with van der Waals surface area (Å²) in [6.45, 7) is 7.95. The van der Waals surface area contributed by atoms with Crippen LogP contribution in [0.4, 0.5) is 0 Å². The maximum Gasteiger partial charge on any atom is 0.338 e. The third-order valence-corrected chi connectivity index (χ3v) is 8.08. The van der Waals surface area contributed by atoms with Crippen molar-refractivity contribution in [2.45, 2.75) is 46.4 Å². The molecule has 3 aromatic carbocycles. The third kappa shape index (κ3) is 6.69. The average Bonchev–Trinajstić information content (AvgIpc) is 3.33. The van der Waals surface area contributed by atoms with E-state index in [0.717, 1.165) is 16.7 Å². The Hall–Kier alpha value is -5.14. The number of nitrogens with zero attached hydrogens (tertiary/aromatic N) is 3. The van der Waals surface area contributed by atoms with E-state index in [0.29, 0.717) is 50.0 Å². The predicted octanol–water partition coefficient (Wildman–Crippen LogP) is 5.04. The van der Waals surface area contributed by atoms with Gasteiger partial charge in [-0.25, -0.2) is 9.79 Å². The Morgan fingerprint density at radius 1 is 1.09 bits per heavy atom. The van der Waals surface area contributed by atoms with Gasteiger partial charge in [-0.2, -0.15) is 5.26 Å². The molecule has 9 nitrogen and oxygen atoms in total. The zero-order valence-electron chi connectivity index (χ0n) is 25.7. The smallest absolute Gasteiger partial charge is 0.338 e. The summed E-state index contributed by atoms with van der Waals surface area (Å²) in [6, 6.07) is 21.4. The fraction of sp³-hybridized carbons (Fsp3) is 0.257. The number of allylic oxidation sites excluding steroid dienone is 1. The van der Waals surface area contributed by atoms with Crippen LogP contribution in [0.15, 0.2) is 87.8 Å². The van der Waals surface area contributed by atoms with Crippen LogP contribution in [0.2, 0.25) is 0 Å². The number of nitriles is 1. The van der Waals surface area contributed by atoms with E-state index < -0.39 is 12.0 Å². The summed E-state index contributed by atoms with van der Waals surface area (Å²) in [6.07, 6.45) is 1.42. The largest absolute Gasteiger partial charge is 0.494 e. The number of rotatable bonds is 10. The van der Waals surface area contributed by atoms with Crippen LogP contribution in [0.5, 0.6) is 17.2 Å². The van der Waals surface area contributed by atoms with Crippen LogP contribution in [0.3, 0.4) is 0 Å². The van der Waals surface area contributed by atoms with Crippen LogP contribution in [-0.4, -0.2) is 30.4 Å². The van der Waals surface area contributed by atoms with Crippen LogP contribution in [0, 0.1) is 11.3 Å². The molecular formula is C35H33N3O6S. The number of hydrogen-bond donors (Lipinski definition) is 0. The van der Waals surface area contributed by atoms with E-state index in [4.69, 9.17) is 18.9 Å². The number of aromatic nitrogens is 1. The maximum absolute atomic E-state index is 14.0. The Balaban J connectivity index is 1.54. The van der Waals surface area contributed by atoms with Crippen molar-refractivity contribution < 1.29 is 23.7 Å². The normalized spacial score (nSPS) is 14.4. The lowest BCUT2D eigenvalue weighted by Gasteiger charge is -2.25. The highest BCUT2D eigenvalue weighted by Crippen LogP contribution is 2.32. The van der Waals surface area contributed by atoms with Crippen LogP contribution < -0.4 is 29.1 Å². The number of carbonyl (C=O) groups excluding carboxylic acids is 1. The molecule has 1 aliphatic heterocycles. The number of methoxy groups -OCH3 is 1. The minimum Gasteiger partial charge on any atom is -0.494 e. The summed E-state index contributed by atoms with van der Waals surface area (Å²) >= 11 is 1.24. The summed E-state index contributed by atoms with van der Waals surface area (Å²) < 4.78 is 24.8. The van der Waals surface area contributed by atoms with E-state index >= 15 is 0 Å². The van der Waals surface area contributed by atoms with Crippen molar-refractivity contribution in [1.29, 1.82) is 5.26 Å². The molecule has 1 atom stereocenters. The third-order valence-electron chi connectivity index (χ3n) is 7.10. The van der Waals surface area contributed by atoms with E-state index in [9.17, 15) is 14.9 Å². The fourth-order valence-electron chi connectivity index (χ4n) is 5.04. The predicted molar refractivity (Wildman–Crippen MR) is 171 cm³/mol. The second-order valence-electron chi connectivity index (χ2n) is 10.5.